The molecule has 0 aliphatic heterocycles. The number of carbonyl (C=O) groups is 2. The molecule has 0 saturated heterocycles. The Morgan fingerprint density at radius 1 is 1.05 bits per heavy atom. The van der Waals surface area contributed by atoms with Gasteiger partial charge in [0.2, 0.25) is 11.8 Å². The zero-order chi connectivity index (χ0) is 29.9. The number of benzene rings is 1. The van der Waals surface area contributed by atoms with Crippen molar-refractivity contribution in [2.75, 3.05) is 34.0 Å². The van der Waals surface area contributed by atoms with Gasteiger partial charge >= 0.3 is 0 Å². The summed E-state index contributed by atoms with van der Waals surface area (Å²) >= 11 is 0. The summed E-state index contributed by atoms with van der Waals surface area (Å²) in [4.78, 5) is 24.5. The molecule has 0 heterocycles. The van der Waals surface area contributed by atoms with E-state index in [1.807, 2.05) is 32.0 Å². The predicted molar refractivity (Wildman–Crippen MR) is 157 cm³/mol. The van der Waals surface area contributed by atoms with E-state index < -0.39 is 12.1 Å². The first-order chi connectivity index (χ1) is 18.9. The van der Waals surface area contributed by atoms with Gasteiger partial charge in [0, 0.05) is 45.6 Å². The molecular weight excluding hydrogens is 510 g/mol. The molecule has 9 nitrogen and oxygen atoms in total. The number of rotatable bonds is 19. The van der Waals surface area contributed by atoms with Gasteiger partial charge in [0.1, 0.15) is 0 Å². The number of aliphatic hydroxyl groups is 1. The van der Waals surface area contributed by atoms with Crippen molar-refractivity contribution in [1.82, 2.24) is 10.6 Å². The molecular formula is C31H53N3O6. The number of amides is 2. The van der Waals surface area contributed by atoms with Crippen molar-refractivity contribution in [2.45, 2.75) is 90.8 Å². The Labute approximate surface area is 240 Å². The molecule has 0 aromatic heterocycles. The summed E-state index contributed by atoms with van der Waals surface area (Å²) in [6, 6.07) is 5.54. The van der Waals surface area contributed by atoms with Gasteiger partial charge in [0.15, 0.2) is 11.5 Å². The maximum Gasteiger partial charge on any atom is 0.223 e. The minimum atomic E-state index is -0.805. The fourth-order valence-electron chi connectivity index (χ4n) is 5.12. The molecule has 228 valence electrons. The van der Waals surface area contributed by atoms with Crippen molar-refractivity contribution < 1.29 is 28.9 Å². The smallest absolute Gasteiger partial charge is 0.223 e. The Hall–Kier alpha value is -2.36. The van der Waals surface area contributed by atoms with Crippen LogP contribution < -0.4 is 25.8 Å². The van der Waals surface area contributed by atoms with E-state index in [2.05, 4.69) is 24.5 Å². The first-order valence-corrected chi connectivity index (χ1v) is 14.7. The van der Waals surface area contributed by atoms with Crippen molar-refractivity contribution in [1.29, 1.82) is 0 Å². The molecule has 0 bridgehead atoms. The second-order valence-electron chi connectivity index (χ2n) is 12.1. The summed E-state index contributed by atoms with van der Waals surface area (Å²) < 4.78 is 16.5. The second kappa shape index (κ2) is 16.2. The molecule has 5 N–H and O–H groups in total. The van der Waals surface area contributed by atoms with Crippen molar-refractivity contribution in [3.05, 3.63) is 23.8 Å². The fraction of sp³-hybridized carbons (Fsp3) is 0.742. The van der Waals surface area contributed by atoms with Crippen LogP contribution in [0.4, 0.5) is 0 Å². The summed E-state index contributed by atoms with van der Waals surface area (Å²) in [7, 11) is 3.30. The monoisotopic (exact) mass is 563 g/mol. The van der Waals surface area contributed by atoms with E-state index in [-0.39, 0.29) is 35.1 Å². The quantitative estimate of drug-likeness (QED) is 0.190. The number of hydrogen-bond acceptors (Lipinski definition) is 7. The van der Waals surface area contributed by atoms with Gasteiger partial charge < -0.3 is 35.7 Å². The van der Waals surface area contributed by atoms with Gasteiger partial charge in [0.25, 0.3) is 0 Å². The number of aliphatic hydroxyl groups excluding tert-OH is 1. The third-order valence-corrected chi connectivity index (χ3v) is 8.02. The third-order valence-electron chi connectivity index (χ3n) is 8.02. The van der Waals surface area contributed by atoms with E-state index in [1.54, 1.807) is 14.2 Å². The normalized spacial score (nSPS) is 17.2. The minimum absolute atomic E-state index is 0.0419. The topological polar surface area (TPSA) is 132 Å². The fourth-order valence-corrected chi connectivity index (χ4v) is 5.12. The maximum absolute atomic E-state index is 13.1. The van der Waals surface area contributed by atoms with E-state index in [9.17, 15) is 14.7 Å². The summed E-state index contributed by atoms with van der Waals surface area (Å²) in [5, 5.41) is 17.0. The van der Waals surface area contributed by atoms with Crippen LogP contribution in [0.5, 0.6) is 11.5 Å². The van der Waals surface area contributed by atoms with Crippen LogP contribution in [-0.4, -0.2) is 68.6 Å². The van der Waals surface area contributed by atoms with Crippen LogP contribution in [-0.2, 0) is 20.7 Å². The standard InChI is InChI=1S/C31H53N3O6/c1-20(2)24(15-23-9-10-28(39-7)29(16-23)40-14-8-13-38-6)17-26(32)27(36)18-25(21(3)4)30(37)33-19-31(11-12-31)34-22(5)35/h9-10,16,20-21,24-27,36H,8,11-15,17-19,32H2,1-7H3,(H,33,37)(H,34,35)/t24-,25-,26-,27-/m0/s1. The number of hydrogen-bond donors (Lipinski definition) is 4. The van der Waals surface area contributed by atoms with Gasteiger partial charge in [-0.2, -0.15) is 0 Å². The van der Waals surface area contributed by atoms with E-state index in [1.165, 1.54) is 6.92 Å². The Morgan fingerprint density at radius 3 is 2.30 bits per heavy atom. The number of ether oxygens (including phenoxy) is 3. The summed E-state index contributed by atoms with van der Waals surface area (Å²) in [6.07, 6.45) is 3.42. The molecule has 0 unspecified atom stereocenters. The van der Waals surface area contributed by atoms with Crippen LogP contribution in [0.2, 0.25) is 0 Å². The molecule has 1 aromatic carbocycles. The van der Waals surface area contributed by atoms with Crippen LogP contribution >= 0.6 is 0 Å². The van der Waals surface area contributed by atoms with Gasteiger partial charge in [-0.3, -0.25) is 9.59 Å². The average Bonchev–Trinajstić information content (AvgIpc) is 3.66. The van der Waals surface area contributed by atoms with E-state index in [0.29, 0.717) is 50.0 Å². The van der Waals surface area contributed by atoms with Crippen LogP contribution in [0.1, 0.15) is 72.3 Å². The Kier molecular flexibility index (Phi) is 13.7. The summed E-state index contributed by atoms with van der Waals surface area (Å²) in [6.45, 7) is 11.4. The average molecular weight is 564 g/mol. The molecule has 4 atom stereocenters. The molecule has 1 aliphatic rings. The van der Waals surface area contributed by atoms with Crippen LogP contribution in [0, 0.1) is 23.7 Å². The first kappa shape index (κ1) is 33.8. The molecule has 0 spiro atoms. The molecule has 1 saturated carbocycles. The van der Waals surface area contributed by atoms with Crippen molar-refractivity contribution in [2.24, 2.45) is 29.4 Å². The Morgan fingerprint density at radius 2 is 1.75 bits per heavy atom. The van der Waals surface area contributed by atoms with Crippen molar-refractivity contribution in [3.8, 4) is 11.5 Å². The minimum Gasteiger partial charge on any atom is -0.493 e. The van der Waals surface area contributed by atoms with Crippen molar-refractivity contribution in [3.63, 3.8) is 0 Å². The largest absolute Gasteiger partial charge is 0.493 e. The number of carbonyl (C=O) groups excluding carboxylic acids is 2. The van der Waals surface area contributed by atoms with Crippen molar-refractivity contribution >= 4 is 11.8 Å². The van der Waals surface area contributed by atoms with Crippen LogP contribution in [0.25, 0.3) is 0 Å². The van der Waals surface area contributed by atoms with E-state index in [0.717, 1.165) is 31.2 Å². The molecule has 1 aliphatic carbocycles. The first-order valence-electron chi connectivity index (χ1n) is 14.7. The molecule has 0 radical (unpaired) electrons. The van der Waals surface area contributed by atoms with E-state index in [4.69, 9.17) is 19.9 Å². The predicted octanol–water partition coefficient (Wildman–Crippen LogP) is 3.45. The molecule has 9 heteroatoms. The number of nitrogens with two attached hydrogens (primary N) is 1. The SMILES string of the molecule is COCCCOc1cc(C[C@@H](C[C@H](N)[C@@H](O)C[C@H](C(=O)NCC2(NC(C)=O)CC2)C(C)C)C(C)C)ccc1OC. The lowest BCUT2D eigenvalue weighted by Crippen LogP contribution is -2.48. The molecule has 1 aromatic rings. The highest BCUT2D eigenvalue weighted by Crippen LogP contribution is 2.35. The highest BCUT2D eigenvalue weighted by atomic mass is 16.5. The maximum atomic E-state index is 13.1. The van der Waals surface area contributed by atoms with Gasteiger partial charge in [-0.15, -0.1) is 0 Å². The number of methoxy groups -OCH3 is 2. The summed E-state index contributed by atoms with van der Waals surface area (Å²) in [5.74, 6) is 1.46. The number of nitrogens with one attached hydrogen (secondary N) is 2. The van der Waals surface area contributed by atoms with Gasteiger partial charge in [-0.1, -0.05) is 33.8 Å². The summed E-state index contributed by atoms with van der Waals surface area (Å²) in [5.41, 5.74) is 7.35. The van der Waals surface area contributed by atoms with Gasteiger partial charge in [-0.05, 0) is 67.6 Å². The van der Waals surface area contributed by atoms with Gasteiger partial charge in [-0.25, -0.2) is 0 Å². The second-order valence-corrected chi connectivity index (χ2v) is 12.1. The molecule has 40 heavy (non-hydrogen) atoms. The zero-order valence-corrected chi connectivity index (χ0v) is 25.6. The highest BCUT2D eigenvalue weighted by Gasteiger charge is 2.44. The highest BCUT2D eigenvalue weighted by molar-refractivity contribution is 5.79. The zero-order valence-electron chi connectivity index (χ0n) is 25.6. The van der Waals surface area contributed by atoms with Crippen LogP contribution in [0.15, 0.2) is 18.2 Å². The van der Waals surface area contributed by atoms with Gasteiger partial charge in [0.05, 0.1) is 25.4 Å². The lowest BCUT2D eigenvalue weighted by molar-refractivity contribution is -0.128. The lowest BCUT2D eigenvalue weighted by atomic mass is 9.81. The third kappa shape index (κ3) is 10.9. The molecule has 2 amide bonds. The lowest BCUT2D eigenvalue weighted by Gasteiger charge is -2.30. The van der Waals surface area contributed by atoms with E-state index >= 15 is 0 Å². The Balaban J connectivity index is 1.99. The molecule has 2 rings (SSSR count). The molecule has 1 fully saturated rings. The van der Waals surface area contributed by atoms with Crippen LogP contribution in [0.3, 0.4) is 0 Å². The Bertz CT molecular complexity index is 934.